The SMILES string of the molecule is CC(C)CC(c1ccc(F)cc1)C(CNC(=O)c1ccc(F)cc1)C(C)C. The summed E-state index contributed by atoms with van der Waals surface area (Å²) in [6.07, 6.45) is 0.959. The fourth-order valence-corrected chi connectivity index (χ4v) is 3.53. The van der Waals surface area contributed by atoms with Crippen LogP contribution in [-0.4, -0.2) is 12.5 Å². The Morgan fingerprint density at radius 2 is 1.41 bits per heavy atom. The summed E-state index contributed by atoms with van der Waals surface area (Å²) in [6.45, 7) is 9.15. The van der Waals surface area contributed by atoms with Gasteiger partial charge in [-0.1, -0.05) is 39.8 Å². The summed E-state index contributed by atoms with van der Waals surface area (Å²) in [6, 6.07) is 12.2. The topological polar surface area (TPSA) is 29.1 Å². The lowest BCUT2D eigenvalue weighted by Crippen LogP contribution is -2.35. The molecule has 0 aliphatic heterocycles. The van der Waals surface area contributed by atoms with E-state index >= 15 is 0 Å². The van der Waals surface area contributed by atoms with Gasteiger partial charge in [0.05, 0.1) is 0 Å². The fraction of sp³-hybridized carbons (Fsp3) is 0.435. The highest BCUT2D eigenvalue weighted by atomic mass is 19.1. The van der Waals surface area contributed by atoms with Crippen molar-refractivity contribution in [3.63, 3.8) is 0 Å². The highest BCUT2D eigenvalue weighted by Gasteiger charge is 2.27. The third-order valence-corrected chi connectivity index (χ3v) is 5.00. The summed E-state index contributed by atoms with van der Waals surface area (Å²) in [5, 5.41) is 3.00. The van der Waals surface area contributed by atoms with Crippen LogP contribution < -0.4 is 5.32 Å². The van der Waals surface area contributed by atoms with Crippen LogP contribution >= 0.6 is 0 Å². The summed E-state index contributed by atoms with van der Waals surface area (Å²) in [5.74, 6) is 0.443. The first-order chi connectivity index (χ1) is 12.8. The van der Waals surface area contributed by atoms with Gasteiger partial charge in [-0.15, -0.1) is 0 Å². The first kappa shape index (κ1) is 21.1. The number of rotatable bonds is 8. The van der Waals surface area contributed by atoms with Crippen LogP contribution in [0.5, 0.6) is 0 Å². The number of hydrogen-bond donors (Lipinski definition) is 1. The van der Waals surface area contributed by atoms with E-state index in [1.165, 1.54) is 36.4 Å². The summed E-state index contributed by atoms with van der Waals surface area (Å²) < 4.78 is 26.4. The molecule has 0 radical (unpaired) electrons. The van der Waals surface area contributed by atoms with Gasteiger partial charge in [-0.3, -0.25) is 4.79 Å². The molecule has 0 aromatic heterocycles. The Labute approximate surface area is 161 Å². The predicted octanol–water partition coefficient (Wildman–Crippen LogP) is 5.80. The van der Waals surface area contributed by atoms with Gasteiger partial charge in [0.15, 0.2) is 0 Å². The molecular formula is C23H29F2NO. The standard InChI is InChI=1S/C23H29F2NO/c1-15(2)13-21(17-5-9-19(24)10-6-17)22(16(3)4)14-26-23(27)18-7-11-20(25)12-8-18/h5-12,15-16,21-22H,13-14H2,1-4H3,(H,26,27). The molecule has 1 N–H and O–H groups in total. The zero-order chi connectivity index (χ0) is 20.0. The zero-order valence-corrected chi connectivity index (χ0v) is 16.5. The van der Waals surface area contributed by atoms with Gasteiger partial charge in [-0.2, -0.15) is 0 Å². The van der Waals surface area contributed by atoms with E-state index in [9.17, 15) is 13.6 Å². The molecule has 4 heteroatoms. The molecule has 2 rings (SSSR count). The number of nitrogens with one attached hydrogen (secondary N) is 1. The second-order valence-corrected chi connectivity index (χ2v) is 7.91. The Morgan fingerprint density at radius 3 is 1.89 bits per heavy atom. The molecule has 0 spiro atoms. The monoisotopic (exact) mass is 373 g/mol. The Bertz CT molecular complexity index is 723. The van der Waals surface area contributed by atoms with Gasteiger partial charge in [-0.25, -0.2) is 8.78 Å². The van der Waals surface area contributed by atoms with Crippen LogP contribution in [0.3, 0.4) is 0 Å². The number of halogens is 2. The van der Waals surface area contributed by atoms with Crippen molar-refractivity contribution >= 4 is 5.91 Å². The quantitative estimate of drug-likeness (QED) is 0.623. The van der Waals surface area contributed by atoms with E-state index in [1.807, 2.05) is 12.1 Å². The van der Waals surface area contributed by atoms with E-state index in [0.29, 0.717) is 23.9 Å². The number of carbonyl (C=O) groups excluding carboxylic acids is 1. The van der Waals surface area contributed by atoms with Crippen molar-refractivity contribution in [2.45, 2.75) is 40.0 Å². The molecule has 2 aromatic rings. The molecule has 0 saturated heterocycles. The van der Waals surface area contributed by atoms with Gasteiger partial charge in [0.2, 0.25) is 0 Å². The van der Waals surface area contributed by atoms with Crippen LogP contribution in [0.2, 0.25) is 0 Å². The first-order valence-corrected chi connectivity index (χ1v) is 9.57. The highest BCUT2D eigenvalue weighted by Crippen LogP contribution is 2.35. The van der Waals surface area contributed by atoms with E-state index in [0.717, 1.165) is 12.0 Å². The van der Waals surface area contributed by atoms with E-state index in [2.05, 4.69) is 33.0 Å². The van der Waals surface area contributed by atoms with Crippen molar-refractivity contribution < 1.29 is 13.6 Å². The summed E-state index contributed by atoms with van der Waals surface area (Å²) >= 11 is 0. The van der Waals surface area contributed by atoms with E-state index in [-0.39, 0.29) is 29.4 Å². The molecule has 146 valence electrons. The number of hydrogen-bond acceptors (Lipinski definition) is 1. The molecule has 1 amide bonds. The molecule has 2 nitrogen and oxygen atoms in total. The van der Waals surface area contributed by atoms with Crippen LogP contribution in [0.1, 0.15) is 56.0 Å². The van der Waals surface area contributed by atoms with Crippen LogP contribution in [-0.2, 0) is 0 Å². The Balaban J connectivity index is 2.17. The minimum Gasteiger partial charge on any atom is -0.352 e. The van der Waals surface area contributed by atoms with Gasteiger partial charge in [-0.05, 0) is 72.1 Å². The van der Waals surface area contributed by atoms with Crippen molar-refractivity contribution in [1.29, 1.82) is 0 Å². The second-order valence-electron chi connectivity index (χ2n) is 7.91. The summed E-state index contributed by atoms with van der Waals surface area (Å²) in [7, 11) is 0. The molecular weight excluding hydrogens is 344 g/mol. The normalized spacial score (nSPS) is 13.6. The molecule has 0 fully saturated rings. The predicted molar refractivity (Wildman–Crippen MR) is 106 cm³/mol. The van der Waals surface area contributed by atoms with Crippen LogP contribution in [0.4, 0.5) is 8.78 Å². The third-order valence-electron chi connectivity index (χ3n) is 5.00. The minimum absolute atomic E-state index is 0.206. The summed E-state index contributed by atoms with van der Waals surface area (Å²) in [5.41, 5.74) is 1.54. The lowest BCUT2D eigenvalue weighted by molar-refractivity contribution is 0.0938. The molecule has 2 aromatic carbocycles. The van der Waals surface area contributed by atoms with E-state index in [4.69, 9.17) is 0 Å². The van der Waals surface area contributed by atoms with E-state index < -0.39 is 0 Å². The van der Waals surface area contributed by atoms with Crippen molar-refractivity contribution in [3.05, 3.63) is 71.3 Å². The van der Waals surface area contributed by atoms with Gasteiger partial charge in [0.25, 0.3) is 5.91 Å². The highest BCUT2D eigenvalue weighted by molar-refractivity contribution is 5.94. The van der Waals surface area contributed by atoms with E-state index in [1.54, 1.807) is 0 Å². The maximum atomic E-state index is 13.4. The average molecular weight is 373 g/mol. The second kappa shape index (κ2) is 9.63. The number of carbonyl (C=O) groups is 1. The summed E-state index contributed by atoms with van der Waals surface area (Å²) in [4.78, 5) is 12.4. The number of amides is 1. The molecule has 0 saturated carbocycles. The van der Waals surface area contributed by atoms with Gasteiger partial charge in [0, 0.05) is 12.1 Å². The zero-order valence-electron chi connectivity index (χ0n) is 16.5. The smallest absolute Gasteiger partial charge is 0.251 e. The maximum absolute atomic E-state index is 13.4. The average Bonchev–Trinajstić information content (AvgIpc) is 2.61. The van der Waals surface area contributed by atoms with Gasteiger partial charge < -0.3 is 5.32 Å². The Kier molecular flexibility index (Phi) is 7.52. The first-order valence-electron chi connectivity index (χ1n) is 9.57. The Hall–Kier alpha value is -2.23. The third kappa shape index (κ3) is 6.16. The van der Waals surface area contributed by atoms with Crippen molar-refractivity contribution in [2.24, 2.45) is 17.8 Å². The fourth-order valence-electron chi connectivity index (χ4n) is 3.53. The van der Waals surface area contributed by atoms with Gasteiger partial charge >= 0.3 is 0 Å². The van der Waals surface area contributed by atoms with Crippen LogP contribution in [0.15, 0.2) is 48.5 Å². The lowest BCUT2D eigenvalue weighted by Gasteiger charge is -2.32. The molecule has 2 atom stereocenters. The molecule has 0 bridgehead atoms. The lowest BCUT2D eigenvalue weighted by atomic mass is 9.75. The van der Waals surface area contributed by atoms with Crippen molar-refractivity contribution in [2.75, 3.05) is 6.54 Å². The largest absolute Gasteiger partial charge is 0.352 e. The number of benzene rings is 2. The molecule has 0 aliphatic carbocycles. The van der Waals surface area contributed by atoms with Crippen LogP contribution in [0, 0.1) is 29.4 Å². The van der Waals surface area contributed by atoms with Crippen LogP contribution in [0.25, 0.3) is 0 Å². The van der Waals surface area contributed by atoms with Crippen molar-refractivity contribution in [1.82, 2.24) is 5.32 Å². The molecule has 0 aliphatic rings. The maximum Gasteiger partial charge on any atom is 0.251 e. The van der Waals surface area contributed by atoms with Crippen molar-refractivity contribution in [3.8, 4) is 0 Å². The molecule has 0 heterocycles. The minimum atomic E-state index is -0.361. The van der Waals surface area contributed by atoms with Gasteiger partial charge in [0.1, 0.15) is 11.6 Å². The molecule has 27 heavy (non-hydrogen) atoms. The molecule has 2 unspecified atom stereocenters. The Morgan fingerprint density at radius 1 is 0.889 bits per heavy atom.